The fourth-order valence-electron chi connectivity index (χ4n) is 4.07. The minimum absolute atomic E-state index is 0.0405. The predicted molar refractivity (Wildman–Crippen MR) is 148 cm³/mol. The van der Waals surface area contributed by atoms with Gasteiger partial charge in [-0.3, -0.25) is 33.1 Å². The van der Waals surface area contributed by atoms with Crippen molar-refractivity contribution in [2.75, 3.05) is 33.0 Å². The standard InChI is InChI=1S/C23H40N4O13P2/c1-6-36-41(34,37-7-2)23(42(35,38-8-3)39-9-4)25-15(28)11-10-12-24-20(32)18-16(29)17(30)21(40-18)27-13-14(5)19(31)26-22(27)33/h13,16-18,21,23,29-30H,6-12H2,1-5H3,(H,24,32)(H,25,28)(H,26,31,33)/t16?,17-,18?,21+/m0/s1. The molecule has 0 spiro atoms. The molecule has 240 valence electrons. The number of aromatic nitrogens is 2. The van der Waals surface area contributed by atoms with E-state index in [9.17, 15) is 38.5 Å². The molecule has 2 rings (SSSR count). The fourth-order valence-corrected chi connectivity index (χ4v) is 9.01. The molecule has 5 N–H and O–H groups in total. The van der Waals surface area contributed by atoms with Gasteiger partial charge in [0.25, 0.3) is 11.5 Å². The van der Waals surface area contributed by atoms with E-state index in [4.69, 9.17) is 22.8 Å². The Bertz CT molecular complexity index is 1240. The number of nitrogens with zero attached hydrogens (tertiary/aromatic N) is 1. The summed E-state index contributed by atoms with van der Waals surface area (Å²) in [5, 5.41) is 25.6. The van der Waals surface area contributed by atoms with E-state index >= 15 is 0 Å². The summed E-state index contributed by atoms with van der Waals surface area (Å²) in [5.74, 6) is -1.54. The van der Waals surface area contributed by atoms with Gasteiger partial charge in [-0.25, -0.2) is 4.79 Å². The highest BCUT2D eigenvalue weighted by Gasteiger charge is 2.52. The lowest BCUT2D eigenvalue weighted by Crippen LogP contribution is -2.43. The molecule has 1 aromatic heterocycles. The molecule has 1 saturated heterocycles. The molecule has 1 fully saturated rings. The molecule has 0 saturated carbocycles. The Hall–Kier alpha value is -2.20. The number of ether oxygens (including phenoxy) is 1. The SMILES string of the molecule is CCOP(=O)(OCC)C(NC(=O)CCCNC(=O)C1O[C@@H](n2cc(C)c(=O)[nH]c2=O)[C@@H](O)C1O)P(=O)(OCC)OCC. The Morgan fingerprint density at radius 2 is 1.52 bits per heavy atom. The van der Waals surface area contributed by atoms with Gasteiger partial charge in [0.05, 0.1) is 26.4 Å². The maximum absolute atomic E-state index is 13.5. The number of aliphatic hydroxyl groups excluding tert-OH is 2. The van der Waals surface area contributed by atoms with Crippen LogP contribution in [0.4, 0.5) is 0 Å². The summed E-state index contributed by atoms with van der Waals surface area (Å²) in [6.45, 7) is 7.22. The number of carbonyl (C=O) groups is 2. The number of carbonyl (C=O) groups excluding carboxylic acids is 2. The molecule has 0 aromatic carbocycles. The third-order valence-corrected chi connectivity index (χ3v) is 11.5. The molecule has 1 aliphatic rings. The Morgan fingerprint density at radius 3 is 2.02 bits per heavy atom. The lowest BCUT2D eigenvalue weighted by Gasteiger charge is -2.31. The summed E-state index contributed by atoms with van der Waals surface area (Å²) in [6.07, 6.45) is -5.43. The highest BCUT2D eigenvalue weighted by molar-refractivity contribution is 7.72. The monoisotopic (exact) mass is 642 g/mol. The summed E-state index contributed by atoms with van der Waals surface area (Å²) in [4.78, 5) is 51.3. The Labute approximate surface area is 242 Å². The van der Waals surface area contributed by atoms with Gasteiger partial charge in [-0.15, -0.1) is 0 Å². The Balaban J connectivity index is 2.04. The van der Waals surface area contributed by atoms with E-state index in [1.165, 1.54) is 6.92 Å². The zero-order valence-corrected chi connectivity index (χ0v) is 25.9. The quantitative estimate of drug-likeness (QED) is 0.114. The normalized spacial score (nSPS) is 21.0. The Morgan fingerprint density at radius 1 is 1.00 bits per heavy atom. The zero-order chi connectivity index (χ0) is 31.7. The lowest BCUT2D eigenvalue weighted by molar-refractivity contribution is -0.138. The van der Waals surface area contributed by atoms with Crippen LogP contribution in [0.5, 0.6) is 0 Å². The van der Waals surface area contributed by atoms with Crippen molar-refractivity contribution in [3.63, 3.8) is 0 Å². The molecule has 0 radical (unpaired) electrons. The molecule has 2 heterocycles. The fraction of sp³-hybridized carbons (Fsp3) is 0.739. The van der Waals surface area contributed by atoms with Gasteiger partial charge in [0.15, 0.2) is 12.3 Å². The summed E-state index contributed by atoms with van der Waals surface area (Å²) >= 11 is 0. The number of hydrogen-bond acceptors (Lipinski definition) is 13. The van der Waals surface area contributed by atoms with Crippen LogP contribution in [0.25, 0.3) is 0 Å². The summed E-state index contributed by atoms with van der Waals surface area (Å²) < 4.78 is 54.5. The van der Waals surface area contributed by atoms with E-state index in [-0.39, 0.29) is 51.4 Å². The van der Waals surface area contributed by atoms with Gasteiger partial charge in [0.1, 0.15) is 12.2 Å². The number of aromatic amines is 1. The van der Waals surface area contributed by atoms with Gasteiger partial charge in [0, 0.05) is 24.7 Å². The first kappa shape index (κ1) is 36.0. The average molecular weight is 643 g/mol. The third-order valence-electron chi connectivity index (χ3n) is 5.92. The second kappa shape index (κ2) is 16.0. The van der Waals surface area contributed by atoms with Crippen molar-refractivity contribution in [2.24, 2.45) is 0 Å². The van der Waals surface area contributed by atoms with Gasteiger partial charge >= 0.3 is 20.9 Å². The molecule has 1 aromatic rings. The van der Waals surface area contributed by atoms with E-state index < -0.39 is 68.3 Å². The van der Waals surface area contributed by atoms with Crippen LogP contribution in [0.15, 0.2) is 15.8 Å². The summed E-state index contributed by atoms with van der Waals surface area (Å²) in [5.41, 5.74) is -3.13. The van der Waals surface area contributed by atoms with E-state index in [1.54, 1.807) is 27.7 Å². The number of amides is 2. The van der Waals surface area contributed by atoms with E-state index in [0.717, 1.165) is 10.8 Å². The topological polar surface area (TPSA) is 234 Å². The zero-order valence-electron chi connectivity index (χ0n) is 24.1. The molecule has 0 aliphatic carbocycles. The molecule has 2 amide bonds. The van der Waals surface area contributed by atoms with Gasteiger partial charge in [-0.1, -0.05) is 0 Å². The van der Waals surface area contributed by atoms with Crippen LogP contribution in [0.2, 0.25) is 0 Å². The third kappa shape index (κ3) is 8.68. The van der Waals surface area contributed by atoms with Crippen molar-refractivity contribution in [3.05, 3.63) is 32.6 Å². The van der Waals surface area contributed by atoms with Gasteiger partial charge in [-0.2, -0.15) is 0 Å². The molecule has 2 unspecified atom stereocenters. The first-order valence-electron chi connectivity index (χ1n) is 13.5. The maximum atomic E-state index is 13.5. The Kier molecular flexibility index (Phi) is 13.7. The molecule has 0 bridgehead atoms. The highest BCUT2D eigenvalue weighted by atomic mass is 31.2. The first-order chi connectivity index (χ1) is 19.8. The van der Waals surface area contributed by atoms with Crippen molar-refractivity contribution in [2.45, 2.75) is 77.5 Å². The van der Waals surface area contributed by atoms with E-state index in [0.29, 0.717) is 0 Å². The second-order valence-corrected chi connectivity index (χ2v) is 13.6. The number of nitrogens with one attached hydrogen (secondary N) is 3. The van der Waals surface area contributed by atoms with Crippen molar-refractivity contribution in [1.82, 2.24) is 20.2 Å². The van der Waals surface area contributed by atoms with Crippen LogP contribution < -0.4 is 21.9 Å². The lowest BCUT2D eigenvalue weighted by atomic mass is 10.1. The van der Waals surface area contributed by atoms with Crippen LogP contribution in [-0.2, 0) is 41.6 Å². The van der Waals surface area contributed by atoms with Crippen molar-refractivity contribution in [1.29, 1.82) is 0 Å². The van der Waals surface area contributed by atoms with Crippen molar-refractivity contribution in [3.8, 4) is 0 Å². The number of aryl methyl sites for hydroxylation is 1. The smallest absolute Gasteiger partial charge is 0.365 e. The van der Waals surface area contributed by atoms with Crippen molar-refractivity contribution >= 4 is 27.0 Å². The first-order valence-corrected chi connectivity index (χ1v) is 16.7. The van der Waals surface area contributed by atoms with Crippen LogP contribution in [-0.4, -0.2) is 88.4 Å². The molecule has 17 nitrogen and oxygen atoms in total. The van der Waals surface area contributed by atoms with Crippen LogP contribution >= 0.6 is 15.2 Å². The minimum atomic E-state index is -4.21. The van der Waals surface area contributed by atoms with Crippen LogP contribution in [0.3, 0.4) is 0 Å². The van der Waals surface area contributed by atoms with Gasteiger partial charge in [0.2, 0.25) is 11.4 Å². The van der Waals surface area contributed by atoms with E-state index in [2.05, 4.69) is 10.6 Å². The predicted octanol–water partition coefficient (Wildman–Crippen LogP) is 0.293. The number of rotatable bonds is 17. The number of H-pyrrole nitrogens is 1. The second-order valence-electron chi connectivity index (χ2n) is 8.99. The van der Waals surface area contributed by atoms with Gasteiger partial charge < -0.3 is 43.7 Å². The number of aliphatic hydroxyl groups is 2. The van der Waals surface area contributed by atoms with Crippen LogP contribution in [0, 0.1) is 6.92 Å². The molecule has 42 heavy (non-hydrogen) atoms. The van der Waals surface area contributed by atoms with Gasteiger partial charge in [-0.05, 0) is 41.0 Å². The molecule has 19 heteroatoms. The minimum Gasteiger partial charge on any atom is -0.387 e. The number of hydrogen-bond donors (Lipinski definition) is 5. The largest absolute Gasteiger partial charge is 0.387 e. The molecular weight excluding hydrogens is 602 g/mol. The highest BCUT2D eigenvalue weighted by Crippen LogP contribution is 2.69. The molecule has 4 atom stereocenters. The molecular formula is C23H40N4O13P2. The van der Waals surface area contributed by atoms with E-state index in [1.807, 2.05) is 4.98 Å². The maximum Gasteiger partial charge on any atom is 0.365 e. The van der Waals surface area contributed by atoms with Crippen LogP contribution in [0.1, 0.15) is 52.3 Å². The summed E-state index contributed by atoms with van der Waals surface area (Å²) in [6, 6.07) is 0. The average Bonchev–Trinajstić information content (AvgIpc) is 3.21. The molecule has 1 aliphatic heterocycles. The van der Waals surface area contributed by atoms with Crippen molar-refractivity contribution < 1.29 is 51.8 Å². The summed E-state index contributed by atoms with van der Waals surface area (Å²) in [7, 11) is -8.43.